The molecule has 31 heavy (non-hydrogen) atoms. The first-order chi connectivity index (χ1) is 14.9. The Morgan fingerprint density at radius 2 is 2.06 bits per heavy atom. The molecule has 0 radical (unpaired) electrons. The van der Waals surface area contributed by atoms with Gasteiger partial charge in [-0.15, -0.1) is 0 Å². The lowest BCUT2D eigenvalue weighted by Crippen LogP contribution is -2.32. The number of hydrogen-bond acceptors (Lipinski definition) is 6. The summed E-state index contributed by atoms with van der Waals surface area (Å²) in [6, 6.07) is 7.73. The summed E-state index contributed by atoms with van der Waals surface area (Å²) in [5.74, 6) is 1.39. The van der Waals surface area contributed by atoms with Gasteiger partial charge in [0, 0.05) is 45.1 Å². The lowest BCUT2D eigenvalue weighted by Gasteiger charge is -2.27. The van der Waals surface area contributed by atoms with Crippen LogP contribution in [0.5, 0.6) is 5.75 Å². The topological polar surface area (TPSA) is 76.4 Å². The van der Waals surface area contributed by atoms with E-state index in [1.54, 1.807) is 18.0 Å². The molecule has 0 N–H and O–H groups in total. The van der Waals surface area contributed by atoms with E-state index in [4.69, 9.17) is 9.72 Å². The van der Waals surface area contributed by atoms with Gasteiger partial charge in [-0.1, -0.05) is 12.1 Å². The van der Waals surface area contributed by atoms with Gasteiger partial charge in [0.15, 0.2) is 0 Å². The average Bonchev–Trinajstić information content (AvgIpc) is 3.40. The van der Waals surface area contributed by atoms with E-state index >= 15 is 0 Å². The first-order valence-corrected chi connectivity index (χ1v) is 10.4. The molecule has 8 nitrogen and oxygen atoms in total. The number of carbonyl (C=O) groups is 1. The minimum absolute atomic E-state index is 0.00490. The predicted molar refractivity (Wildman–Crippen MR) is 119 cm³/mol. The molecule has 1 saturated heterocycles. The molecule has 8 heteroatoms. The molecule has 1 aliphatic rings. The SMILES string of the molecule is COc1cccc(-c2cnc(N(C)C)nc2[C@@H]2CCCN2C(=O)c2cnn(C)c2C)c1. The van der Waals surface area contributed by atoms with Crippen molar-refractivity contribution in [3.05, 3.63) is 53.6 Å². The van der Waals surface area contributed by atoms with Gasteiger partial charge in [0.05, 0.1) is 30.6 Å². The predicted octanol–water partition coefficient (Wildman–Crippen LogP) is 3.24. The number of methoxy groups -OCH3 is 1. The zero-order valence-corrected chi connectivity index (χ0v) is 18.7. The minimum atomic E-state index is -0.130. The molecule has 1 fully saturated rings. The summed E-state index contributed by atoms with van der Waals surface area (Å²) < 4.78 is 7.14. The Morgan fingerprint density at radius 1 is 1.26 bits per heavy atom. The third-order valence-electron chi connectivity index (χ3n) is 5.88. The van der Waals surface area contributed by atoms with E-state index < -0.39 is 0 Å². The van der Waals surface area contributed by atoms with Gasteiger partial charge in [-0.25, -0.2) is 9.97 Å². The van der Waals surface area contributed by atoms with E-state index in [1.165, 1.54) is 0 Å². The van der Waals surface area contributed by atoms with E-state index in [2.05, 4.69) is 10.1 Å². The molecule has 3 heterocycles. The number of amides is 1. The number of ether oxygens (including phenoxy) is 1. The highest BCUT2D eigenvalue weighted by Crippen LogP contribution is 2.38. The summed E-state index contributed by atoms with van der Waals surface area (Å²) in [6.45, 7) is 2.61. The molecule has 162 valence electrons. The third kappa shape index (κ3) is 3.85. The van der Waals surface area contributed by atoms with Crippen molar-refractivity contribution in [1.29, 1.82) is 0 Å². The maximum Gasteiger partial charge on any atom is 0.257 e. The van der Waals surface area contributed by atoms with Gasteiger partial charge < -0.3 is 14.5 Å². The van der Waals surface area contributed by atoms with Crippen LogP contribution in [0.15, 0.2) is 36.7 Å². The summed E-state index contributed by atoms with van der Waals surface area (Å²) in [7, 11) is 7.34. The maximum absolute atomic E-state index is 13.4. The third-order valence-corrected chi connectivity index (χ3v) is 5.88. The smallest absolute Gasteiger partial charge is 0.257 e. The molecule has 1 aliphatic heterocycles. The van der Waals surface area contributed by atoms with Gasteiger partial charge >= 0.3 is 0 Å². The van der Waals surface area contributed by atoms with Crippen LogP contribution in [0.4, 0.5) is 5.95 Å². The number of rotatable bonds is 5. The highest BCUT2D eigenvalue weighted by molar-refractivity contribution is 5.95. The van der Waals surface area contributed by atoms with E-state index in [0.717, 1.165) is 41.1 Å². The number of aryl methyl sites for hydroxylation is 1. The van der Waals surface area contributed by atoms with Crippen molar-refractivity contribution in [2.45, 2.75) is 25.8 Å². The Kier molecular flexibility index (Phi) is 5.63. The van der Waals surface area contributed by atoms with Crippen LogP contribution in [0.25, 0.3) is 11.1 Å². The Hall–Kier alpha value is -3.42. The van der Waals surface area contributed by atoms with Gasteiger partial charge in [0.2, 0.25) is 5.95 Å². The van der Waals surface area contributed by atoms with Crippen LogP contribution < -0.4 is 9.64 Å². The number of likely N-dealkylation sites (tertiary alicyclic amines) is 1. The molecule has 4 rings (SSSR count). The van der Waals surface area contributed by atoms with E-state index in [9.17, 15) is 4.79 Å². The molecule has 0 bridgehead atoms. The van der Waals surface area contributed by atoms with E-state index in [1.807, 2.05) is 68.3 Å². The molecule has 0 spiro atoms. The van der Waals surface area contributed by atoms with Gasteiger partial charge in [-0.05, 0) is 37.5 Å². The summed E-state index contributed by atoms with van der Waals surface area (Å²) in [4.78, 5) is 26.7. The molecule has 0 saturated carbocycles. The molecule has 1 atom stereocenters. The quantitative estimate of drug-likeness (QED) is 0.631. The Morgan fingerprint density at radius 3 is 2.74 bits per heavy atom. The van der Waals surface area contributed by atoms with Crippen molar-refractivity contribution < 1.29 is 9.53 Å². The molecular weight excluding hydrogens is 392 g/mol. The van der Waals surface area contributed by atoms with Crippen molar-refractivity contribution in [2.75, 3.05) is 32.6 Å². The van der Waals surface area contributed by atoms with E-state index in [0.29, 0.717) is 18.1 Å². The number of anilines is 1. The minimum Gasteiger partial charge on any atom is -0.497 e. The zero-order chi connectivity index (χ0) is 22.1. The summed E-state index contributed by atoms with van der Waals surface area (Å²) in [5.41, 5.74) is 4.24. The summed E-state index contributed by atoms with van der Waals surface area (Å²) >= 11 is 0. The van der Waals surface area contributed by atoms with Crippen molar-refractivity contribution in [3.63, 3.8) is 0 Å². The van der Waals surface area contributed by atoms with Crippen molar-refractivity contribution >= 4 is 11.9 Å². The average molecular weight is 421 g/mol. The number of benzene rings is 1. The lowest BCUT2D eigenvalue weighted by molar-refractivity contribution is 0.0732. The maximum atomic E-state index is 13.4. The molecule has 2 aromatic heterocycles. The van der Waals surface area contributed by atoms with Crippen LogP contribution in [-0.2, 0) is 7.05 Å². The monoisotopic (exact) mass is 420 g/mol. The lowest BCUT2D eigenvalue weighted by atomic mass is 9.99. The summed E-state index contributed by atoms with van der Waals surface area (Å²) in [5, 5.41) is 4.25. The number of nitrogens with zero attached hydrogens (tertiary/aromatic N) is 6. The highest BCUT2D eigenvalue weighted by atomic mass is 16.5. The molecule has 0 aliphatic carbocycles. The highest BCUT2D eigenvalue weighted by Gasteiger charge is 2.35. The Labute approximate surface area is 182 Å². The van der Waals surface area contributed by atoms with Gasteiger partial charge in [0.25, 0.3) is 5.91 Å². The molecular formula is C23H28N6O2. The fraction of sp³-hybridized carbons (Fsp3) is 0.391. The Balaban J connectivity index is 1.80. The van der Waals surface area contributed by atoms with Crippen LogP contribution in [-0.4, -0.2) is 58.3 Å². The second-order valence-electron chi connectivity index (χ2n) is 8.02. The number of hydrogen-bond donors (Lipinski definition) is 0. The molecule has 1 amide bonds. The van der Waals surface area contributed by atoms with Crippen LogP contribution >= 0.6 is 0 Å². The van der Waals surface area contributed by atoms with Crippen molar-refractivity contribution in [2.24, 2.45) is 7.05 Å². The standard InChI is InChI=1S/C23H28N6O2/c1-15-18(14-25-28(15)4)22(30)29-11-7-10-20(29)21-19(13-24-23(26-21)27(2)3)16-8-6-9-17(12-16)31-5/h6,8-9,12-14,20H,7,10-11H2,1-5H3/t20-/m0/s1. The molecule has 0 unspecified atom stereocenters. The van der Waals surface area contributed by atoms with Gasteiger partial charge in [0.1, 0.15) is 5.75 Å². The first-order valence-electron chi connectivity index (χ1n) is 10.4. The normalized spacial score (nSPS) is 15.9. The molecule has 1 aromatic carbocycles. The first kappa shape index (κ1) is 20.8. The fourth-order valence-corrected chi connectivity index (χ4v) is 4.03. The van der Waals surface area contributed by atoms with Crippen molar-refractivity contribution in [1.82, 2.24) is 24.6 Å². The van der Waals surface area contributed by atoms with Gasteiger partial charge in [-0.3, -0.25) is 9.48 Å². The second-order valence-corrected chi connectivity index (χ2v) is 8.02. The van der Waals surface area contributed by atoms with Crippen LogP contribution in [0.1, 0.15) is 40.6 Å². The van der Waals surface area contributed by atoms with E-state index in [-0.39, 0.29) is 11.9 Å². The number of aromatic nitrogens is 4. The second kappa shape index (κ2) is 8.37. The largest absolute Gasteiger partial charge is 0.497 e. The zero-order valence-electron chi connectivity index (χ0n) is 18.7. The van der Waals surface area contributed by atoms with Crippen molar-refractivity contribution in [3.8, 4) is 16.9 Å². The van der Waals surface area contributed by atoms with Crippen LogP contribution in [0.3, 0.4) is 0 Å². The van der Waals surface area contributed by atoms with Gasteiger partial charge in [-0.2, -0.15) is 5.10 Å². The molecule has 3 aromatic rings. The number of carbonyl (C=O) groups excluding carboxylic acids is 1. The summed E-state index contributed by atoms with van der Waals surface area (Å²) in [6.07, 6.45) is 5.28. The fourth-order valence-electron chi connectivity index (χ4n) is 4.03. The Bertz CT molecular complexity index is 1110. The van der Waals surface area contributed by atoms with Crippen LogP contribution in [0.2, 0.25) is 0 Å². The van der Waals surface area contributed by atoms with Crippen LogP contribution in [0, 0.1) is 6.92 Å².